The van der Waals surface area contributed by atoms with Crippen molar-refractivity contribution in [1.82, 2.24) is 0 Å². The predicted octanol–water partition coefficient (Wildman–Crippen LogP) is 6.45. The maximum atomic E-state index is 2.50. The highest BCUT2D eigenvalue weighted by Crippen LogP contribution is 2.38. The van der Waals surface area contributed by atoms with Crippen molar-refractivity contribution in [3.63, 3.8) is 0 Å². The van der Waals surface area contributed by atoms with E-state index in [1.165, 1.54) is 34.8 Å². The number of hydrogen-bond donors (Lipinski definition) is 0. The molecular formula is C18H29I. The Labute approximate surface area is 133 Å². The van der Waals surface area contributed by atoms with Crippen molar-refractivity contribution >= 4 is 22.6 Å². The Morgan fingerprint density at radius 2 is 1.32 bits per heavy atom. The summed E-state index contributed by atoms with van der Waals surface area (Å²) in [5, 5.41) is 0. The Bertz CT molecular complexity index is 412. The van der Waals surface area contributed by atoms with Crippen LogP contribution in [-0.2, 0) is 10.8 Å². The summed E-state index contributed by atoms with van der Waals surface area (Å²) in [6.45, 7) is 14.0. The predicted molar refractivity (Wildman–Crippen MR) is 95.0 cm³/mol. The van der Waals surface area contributed by atoms with Gasteiger partial charge in [0.15, 0.2) is 0 Å². The molecule has 0 amide bonds. The molecule has 0 saturated carbocycles. The molecule has 0 nitrogen and oxygen atoms in total. The van der Waals surface area contributed by atoms with Crippen LogP contribution in [0.5, 0.6) is 0 Å². The van der Waals surface area contributed by atoms with E-state index in [9.17, 15) is 0 Å². The lowest BCUT2D eigenvalue weighted by molar-refractivity contribution is 0.422. The first-order valence-corrected chi connectivity index (χ1v) is 8.75. The van der Waals surface area contributed by atoms with Crippen LogP contribution >= 0.6 is 22.6 Å². The minimum absolute atomic E-state index is 0.314. The quantitative estimate of drug-likeness (QED) is 0.504. The third-order valence-electron chi connectivity index (χ3n) is 5.43. The maximum Gasteiger partial charge on any atom is 0.0168 e. The summed E-state index contributed by atoms with van der Waals surface area (Å²) in [5.74, 6) is 0. The van der Waals surface area contributed by atoms with Crippen molar-refractivity contribution in [2.45, 2.75) is 78.1 Å². The van der Waals surface area contributed by atoms with Crippen molar-refractivity contribution in [2.75, 3.05) is 0 Å². The lowest BCUT2D eigenvalue weighted by atomic mass is 9.73. The normalized spacial score (nSPS) is 12.8. The van der Waals surface area contributed by atoms with Gasteiger partial charge in [0.1, 0.15) is 0 Å². The van der Waals surface area contributed by atoms with E-state index in [2.05, 4.69) is 82.3 Å². The molecule has 19 heavy (non-hydrogen) atoms. The summed E-state index contributed by atoms with van der Waals surface area (Å²) in [6, 6.07) is 7.14. The van der Waals surface area contributed by atoms with Gasteiger partial charge in [-0.15, -0.1) is 0 Å². The first-order chi connectivity index (χ1) is 8.86. The Morgan fingerprint density at radius 3 is 1.74 bits per heavy atom. The number of benzene rings is 1. The molecule has 0 aliphatic heterocycles. The van der Waals surface area contributed by atoms with Crippen molar-refractivity contribution in [3.8, 4) is 0 Å². The molecule has 1 heteroatoms. The average Bonchev–Trinajstić information content (AvgIpc) is 2.46. The molecule has 0 bridgehead atoms. The van der Waals surface area contributed by atoms with Crippen LogP contribution < -0.4 is 0 Å². The van der Waals surface area contributed by atoms with E-state index in [-0.39, 0.29) is 0 Å². The Balaban J connectivity index is 3.36. The van der Waals surface area contributed by atoms with Crippen LogP contribution in [0.15, 0.2) is 18.2 Å². The summed E-state index contributed by atoms with van der Waals surface area (Å²) >= 11 is 2.50. The van der Waals surface area contributed by atoms with Crippen molar-refractivity contribution < 1.29 is 0 Å². The van der Waals surface area contributed by atoms with Gasteiger partial charge in [0.2, 0.25) is 0 Å². The molecule has 0 heterocycles. The van der Waals surface area contributed by atoms with Crippen molar-refractivity contribution in [1.29, 1.82) is 0 Å². The molecule has 0 aliphatic carbocycles. The van der Waals surface area contributed by atoms with E-state index in [0.29, 0.717) is 10.8 Å². The molecular weight excluding hydrogens is 343 g/mol. The lowest BCUT2D eigenvalue weighted by Crippen LogP contribution is -2.24. The molecule has 0 aromatic heterocycles. The summed E-state index contributed by atoms with van der Waals surface area (Å²) in [5.41, 5.74) is 3.70. The average molecular weight is 372 g/mol. The highest BCUT2D eigenvalue weighted by Gasteiger charge is 2.28. The second kappa shape index (κ2) is 6.60. The van der Waals surface area contributed by atoms with Gasteiger partial charge >= 0.3 is 0 Å². The molecule has 0 fully saturated rings. The fourth-order valence-electron chi connectivity index (χ4n) is 2.65. The molecule has 0 unspecified atom stereocenters. The molecule has 108 valence electrons. The fourth-order valence-corrected chi connectivity index (χ4v) is 3.64. The van der Waals surface area contributed by atoms with Crippen LogP contribution in [0, 0.1) is 3.57 Å². The van der Waals surface area contributed by atoms with Gasteiger partial charge in [0.25, 0.3) is 0 Å². The Hall–Kier alpha value is -0.0500. The molecule has 1 aromatic carbocycles. The molecule has 1 rings (SSSR count). The topological polar surface area (TPSA) is 0 Å². The first-order valence-electron chi connectivity index (χ1n) is 7.67. The first kappa shape index (κ1) is 17.0. The van der Waals surface area contributed by atoms with E-state index in [1.54, 1.807) is 5.56 Å². The van der Waals surface area contributed by atoms with Crippen LogP contribution in [0.25, 0.3) is 0 Å². The van der Waals surface area contributed by atoms with Gasteiger partial charge in [-0.1, -0.05) is 53.7 Å². The molecule has 0 saturated heterocycles. The molecule has 1 aromatic rings. The number of rotatable bonds is 6. The van der Waals surface area contributed by atoms with Gasteiger partial charge in [0.05, 0.1) is 0 Å². The van der Waals surface area contributed by atoms with Crippen molar-refractivity contribution in [2.24, 2.45) is 0 Å². The summed E-state index contributed by atoms with van der Waals surface area (Å²) < 4.78 is 1.42. The van der Waals surface area contributed by atoms with E-state index in [4.69, 9.17) is 0 Å². The molecule has 0 radical (unpaired) electrons. The summed E-state index contributed by atoms with van der Waals surface area (Å²) in [4.78, 5) is 0. The van der Waals surface area contributed by atoms with E-state index < -0.39 is 0 Å². The molecule has 0 spiro atoms. The Morgan fingerprint density at radius 1 is 0.842 bits per heavy atom. The zero-order chi connectivity index (χ0) is 14.7. The largest absolute Gasteiger partial charge is 0.0645 e. The third kappa shape index (κ3) is 3.34. The fraction of sp³-hybridized carbons (Fsp3) is 0.667. The molecule has 0 aliphatic rings. The van der Waals surface area contributed by atoms with Crippen LogP contribution in [0.3, 0.4) is 0 Å². The van der Waals surface area contributed by atoms with Crippen LogP contribution in [0.2, 0.25) is 0 Å². The molecule has 0 N–H and O–H groups in total. The van der Waals surface area contributed by atoms with Gasteiger partial charge in [-0.2, -0.15) is 0 Å². The van der Waals surface area contributed by atoms with Gasteiger partial charge in [-0.25, -0.2) is 0 Å². The highest BCUT2D eigenvalue weighted by molar-refractivity contribution is 14.1. The van der Waals surface area contributed by atoms with E-state index in [1.807, 2.05) is 0 Å². The van der Waals surface area contributed by atoms with Crippen LogP contribution in [0.4, 0.5) is 0 Å². The van der Waals surface area contributed by atoms with E-state index >= 15 is 0 Å². The van der Waals surface area contributed by atoms with Crippen LogP contribution in [-0.4, -0.2) is 0 Å². The van der Waals surface area contributed by atoms with E-state index in [0.717, 1.165) is 0 Å². The lowest BCUT2D eigenvalue weighted by Gasteiger charge is -2.33. The molecule has 0 atom stereocenters. The smallest absolute Gasteiger partial charge is 0.0168 e. The zero-order valence-electron chi connectivity index (χ0n) is 13.4. The highest BCUT2D eigenvalue weighted by atomic mass is 127. The third-order valence-corrected chi connectivity index (χ3v) is 6.38. The summed E-state index contributed by atoms with van der Waals surface area (Å²) in [7, 11) is 0. The SMILES string of the molecule is CCC(C)(CC)c1ccc(I)c(C(C)(CC)CC)c1. The maximum absolute atomic E-state index is 2.50. The van der Waals surface area contributed by atoms with Gasteiger partial charge in [0, 0.05) is 3.57 Å². The summed E-state index contributed by atoms with van der Waals surface area (Å²) in [6.07, 6.45) is 4.83. The number of hydrogen-bond acceptors (Lipinski definition) is 0. The minimum atomic E-state index is 0.314. The second-order valence-corrected chi connectivity index (χ2v) is 7.39. The second-order valence-electron chi connectivity index (χ2n) is 6.23. The van der Waals surface area contributed by atoms with Gasteiger partial charge < -0.3 is 0 Å². The monoisotopic (exact) mass is 372 g/mol. The van der Waals surface area contributed by atoms with Crippen LogP contribution in [0.1, 0.15) is 78.4 Å². The zero-order valence-corrected chi connectivity index (χ0v) is 15.6. The van der Waals surface area contributed by atoms with Crippen molar-refractivity contribution in [3.05, 3.63) is 32.9 Å². The number of halogens is 1. The van der Waals surface area contributed by atoms with Gasteiger partial charge in [-0.05, 0) is 76.3 Å². The van der Waals surface area contributed by atoms with Gasteiger partial charge in [-0.3, -0.25) is 0 Å². The minimum Gasteiger partial charge on any atom is -0.0645 e. The Kier molecular flexibility index (Phi) is 5.91. The standard InChI is InChI=1S/C18H29I/c1-7-17(5,8-2)14-11-12-16(19)15(13-14)18(6,9-3)10-4/h11-13H,7-10H2,1-6H3.